The summed E-state index contributed by atoms with van der Waals surface area (Å²) >= 11 is 0. The monoisotopic (exact) mass is 272 g/mol. The van der Waals surface area contributed by atoms with Gasteiger partial charge >= 0.3 is 0 Å². The second-order valence-electron chi connectivity index (χ2n) is 4.84. The van der Waals surface area contributed by atoms with Crippen molar-refractivity contribution in [3.8, 4) is 5.75 Å². The van der Waals surface area contributed by atoms with Gasteiger partial charge in [-0.2, -0.15) is 5.10 Å². The van der Waals surface area contributed by atoms with E-state index in [1.165, 1.54) is 0 Å². The first-order valence-electron chi connectivity index (χ1n) is 6.83. The molecule has 20 heavy (non-hydrogen) atoms. The van der Waals surface area contributed by atoms with Gasteiger partial charge in [-0.05, 0) is 32.4 Å². The van der Waals surface area contributed by atoms with Crippen molar-refractivity contribution >= 4 is 5.78 Å². The fraction of sp³-hybridized carbons (Fsp3) is 0.375. The van der Waals surface area contributed by atoms with Crippen LogP contribution in [-0.4, -0.2) is 22.2 Å². The third-order valence-electron chi connectivity index (χ3n) is 3.33. The van der Waals surface area contributed by atoms with Crippen molar-refractivity contribution in [2.75, 3.05) is 6.61 Å². The van der Waals surface area contributed by atoms with Gasteiger partial charge in [-0.25, -0.2) is 0 Å². The van der Waals surface area contributed by atoms with Crippen LogP contribution in [0.5, 0.6) is 5.75 Å². The molecule has 1 aromatic carbocycles. The standard InChI is InChI=1S/C16H20N2O2/c1-5-10-20-14-9-7-6-8-13(14)16(19)15-11(2)17-18(4)12(15)3/h6-9H,5,10H2,1-4H3. The van der Waals surface area contributed by atoms with Crippen molar-refractivity contribution in [1.29, 1.82) is 0 Å². The summed E-state index contributed by atoms with van der Waals surface area (Å²) in [5.74, 6) is 0.613. The summed E-state index contributed by atoms with van der Waals surface area (Å²) in [6, 6.07) is 7.38. The van der Waals surface area contributed by atoms with E-state index < -0.39 is 0 Å². The molecule has 0 saturated carbocycles. The van der Waals surface area contributed by atoms with Crippen molar-refractivity contribution in [3.05, 3.63) is 46.8 Å². The predicted octanol–water partition coefficient (Wildman–Crippen LogP) is 3.06. The van der Waals surface area contributed by atoms with Crippen molar-refractivity contribution in [2.45, 2.75) is 27.2 Å². The summed E-state index contributed by atoms with van der Waals surface area (Å²) < 4.78 is 7.40. The van der Waals surface area contributed by atoms with Crippen LogP contribution in [0.3, 0.4) is 0 Å². The Morgan fingerprint density at radius 3 is 2.60 bits per heavy atom. The highest BCUT2D eigenvalue weighted by molar-refractivity contribution is 6.12. The maximum absolute atomic E-state index is 12.8. The van der Waals surface area contributed by atoms with E-state index >= 15 is 0 Å². The van der Waals surface area contributed by atoms with Gasteiger partial charge in [-0.3, -0.25) is 9.48 Å². The molecule has 2 rings (SSSR count). The summed E-state index contributed by atoms with van der Waals surface area (Å²) in [6.07, 6.45) is 0.910. The van der Waals surface area contributed by atoms with E-state index in [0.29, 0.717) is 23.5 Å². The van der Waals surface area contributed by atoms with Crippen LogP contribution in [0, 0.1) is 13.8 Å². The van der Waals surface area contributed by atoms with Gasteiger partial charge in [0.1, 0.15) is 5.75 Å². The Morgan fingerprint density at radius 2 is 2.00 bits per heavy atom. The van der Waals surface area contributed by atoms with Gasteiger partial charge in [0.2, 0.25) is 0 Å². The van der Waals surface area contributed by atoms with Crippen LogP contribution < -0.4 is 4.74 Å². The van der Waals surface area contributed by atoms with Crippen molar-refractivity contribution < 1.29 is 9.53 Å². The molecule has 106 valence electrons. The molecule has 0 aliphatic rings. The number of nitrogens with zero attached hydrogens (tertiary/aromatic N) is 2. The topological polar surface area (TPSA) is 44.1 Å². The lowest BCUT2D eigenvalue weighted by Gasteiger charge is -2.10. The largest absolute Gasteiger partial charge is 0.493 e. The highest BCUT2D eigenvalue weighted by Crippen LogP contribution is 2.24. The van der Waals surface area contributed by atoms with Crippen LogP contribution in [0.15, 0.2) is 24.3 Å². The second kappa shape index (κ2) is 5.90. The van der Waals surface area contributed by atoms with E-state index in [2.05, 4.69) is 5.10 Å². The first-order chi connectivity index (χ1) is 9.56. The van der Waals surface area contributed by atoms with Gasteiger partial charge in [0, 0.05) is 12.7 Å². The molecule has 4 heteroatoms. The molecule has 0 spiro atoms. The number of para-hydroxylation sites is 1. The first-order valence-corrected chi connectivity index (χ1v) is 6.83. The maximum Gasteiger partial charge on any atom is 0.200 e. The van der Waals surface area contributed by atoms with E-state index in [1.54, 1.807) is 10.7 Å². The molecular weight excluding hydrogens is 252 g/mol. The SMILES string of the molecule is CCCOc1ccccc1C(=O)c1c(C)nn(C)c1C. The van der Waals surface area contributed by atoms with E-state index in [0.717, 1.165) is 17.8 Å². The molecule has 0 unspecified atom stereocenters. The molecule has 4 nitrogen and oxygen atoms in total. The summed E-state index contributed by atoms with van der Waals surface area (Å²) in [6.45, 7) is 6.41. The van der Waals surface area contributed by atoms with Gasteiger partial charge in [-0.1, -0.05) is 19.1 Å². The first kappa shape index (κ1) is 14.3. The average Bonchev–Trinajstić information content (AvgIpc) is 2.69. The molecule has 0 bridgehead atoms. The molecule has 0 saturated heterocycles. The van der Waals surface area contributed by atoms with Crippen LogP contribution in [0.25, 0.3) is 0 Å². The fourth-order valence-corrected chi connectivity index (χ4v) is 2.23. The number of aryl methyl sites for hydroxylation is 2. The van der Waals surface area contributed by atoms with E-state index in [4.69, 9.17) is 4.74 Å². The average molecular weight is 272 g/mol. The molecule has 2 aromatic rings. The lowest BCUT2D eigenvalue weighted by atomic mass is 10.0. The summed E-state index contributed by atoms with van der Waals surface area (Å²) in [7, 11) is 1.85. The van der Waals surface area contributed by atoms with Crippen LogP contribution in [0.1, 0.15) is 40.7 Å². The number of hydrogen-bond acceptors (Lipinski definition) is 3. The minimum Gasteiger partial charge on any atom is -0.493 e. The van der Waals surface area contributed by atoms with E-state index in [9.17, 15) is 4.79 Å². The van der Waals surface area contributed by atoms with Gasteiger partial charge < -0.3 is 4.74 Å². The normalized spacial score (nSPS) is 10.6. The van der Waals surface area contributed by atoms with Gasteiger partial charge in [0.25, 0.3) is 0 Å². The van der Waals surface area contributed by atoms with Crippen LogP contribution in [-0.2, 0) is 7.05 Å². The smallest absolute Gasteiger partial charge is 0.200 e. The Balaban J connectivity index is 2.43. The highest BCUT2D eigenvalue weighted by atomic mass is 16.5. The quantitative estimate of drug-likeness (QED) is 0.786. The zero-order valence-corrected chi connectivity index (χ0v) is 12.4. The Hall–Kier alpha value is -2.10. The number of ether oxygens (including phenoxy) is 1. The third kappa shape index (κ3) is 2.59. The number of ketones is 1. The molecule has 0 radical (unpaired) electrons. The molecule has 0 amide bonds. The predicted molar refractivity (Wildman–Crippen MR) is 78.3 cm³/mol. The van der Waals surface area contributed by atoms with Crippen LogP contribution >= 0.6 is 0 Å². The Kier molecular flexibility index (Phi) is 4.23. The highest BCUT2D eigenvalue weighted by Gasteiger charge is 2.21. The second-order valence-corrected chi connectivity index (χ2v) is 4.84. The molecule has 0 fully saturated rings. The van der Waals surface area contributed by atoms with E-state index in [1.807, 2.05) is 46.0 Å². The lowest BCUT2D eigenvalue weighted by molar-refractivity contribution is 0.103. The fourth-order valence-electron chi connectivity index (χ4n) is 2.23. The molecule has 1 heterocycles. The summed E-state index contributed by atoms with van der Waals surface area (Å²) in [5.41, 5.74) is 2.89. The number of carbonyl (C=O) groups is 1. The Morgan fingerprint density at radius 1 is 1.30 bits per heavy atom. The number of benzene rings is 1. The van der Waals surface area contributed by atoms with Crippen molar-refractivity contribution in [1.82, 2.24) is 9.78 Å². The molecule has 0 N–H and O–H groups in total. The van der Waals surface area contributed by atoms with Gasteiger partial charge in [-0.15, -0.1) is 0 Å². The number of hydrogen-bond donors (Lipinski definition) is 0. The number of carbonyl (C=O) groups excluding carboxylic acids is 1. The minimum atomic E-state index is -0.0280. The number of rotatable bonds is 5. The van der Waals surface area contributed by atoms with E-state index in [-0.39, 0.29) is 5.78 Å². The summed E-state index contributed by atoms with van der Waals surface area (Å²) in [4.78, 5) is 12.8. The van der Waals surface area contributed by atoms with Gasteiger partial charge in [0.15, 0.2) is 5.78 Å². The summed E-state index contributed by atoms with van der Waals surface area (Å²) in [5, 5.41) is 4.30. The molecule has 0 atom stereocenters. The van der Waals surface area contributed by atoms with Crippen LogP contribution in [0.2, 0.25) is 0 Å². The van der Waals surface area contributed by atoms with Crippen molar-refractivity contribution in [2.24, 2.45) is 7.05 Å². The zero-order valence-electron chi connectivity index (χ0n) is 12.4. The zero-order chi connectivity index (χ0) is 14.7. The lowest BCUT2D eigenvalue weighted by Crippen LogP contribution is -2.08. The van der Waals surface area contributed by atoms with Crippen molar-refractivity contribution in [3.63, 3.8) is 0 Å². The third-order valence-corrected chi connectivity index (χ3v) is 3.33. The molecule has 1 aromatic heterocycles. The Labute approximate surface area is 119 Å². The van der Waals surface area contributed by atoms with Crippen LogP contribution in [0.4, 0.5) is 0 Å². The molecular formula is C16H20N2O2. The van der Waals surface area contributed by atoms with Gasteiger partial charge in [0.05, 0.1) is 23.4 Å². The molecule has 0 aliphatic carbocycles. The molecule has 0 aliphatic heterocycles. The number of aromatic nitrogens is 2. The maximum atomic E-state index is 12.8. The Bertz CT molecular complexity index is 629. The minimum absolute atomic E-state index is 0.0280.